The second-order valence-electron chi connectivity index (χ2n) is 3.87. The van der Waals surface area contributed by atoms with Crippen molar-refractivity contribution in [3.8, 4) is 0 Å². The normalized spacial score (nSPS) is 8.04. The zero-order valence-corrected chi connectivity index (χ0v) is 14.2. The van der Waals surface area contributed by atoms with Crippen LogP contribution in [0, 0.1) is 0 Å². The smallest absolute Gasteiger partial charge is 0.333 e. The summed E-state index contributed by atoms with van der Waals surface area (Å²) in [6.07, 6.45) is 1.14. The van der Waals surface area contributed by atoms with Gasteiger partial charge in [-0.05, 0) is 20.8 Å². The zero-order chi connectivity index (χ0) is 18.8. The van der Waals surface area contributed by atoms with Gasteiger partial charge in [0.05, 0.1) is 20.3 Å². The van der Waals surface area contributed by atoms with E-state index in [-0.39, 0.29) is 25.2 Å². The first-order valence-electron chi connectivity index (χ1n) is 6.64. The summed E-state index contributed by atoms with van der Waals surface area (Å²) in [4.78, 5) is 30.7. The Morgan fingerprint density at radius 1 is 1.04 bits per heavy atom. The van der Waals surface area contributed by atoms with Crippen LogP contribution >= 0.6 is 0 Å². The fourth-order valence-electron chi connectivity index (χ4n) is 0.637. The molecule has 0 fully saturated rings. The van der Waals surface area contributed by atoms with E-state index in [9.17, 15) is 14.4 Å². The van der Waals surface area contributed by atoms with Crippen molar-refractivity contribution in [2.75, 3.05) is 26.9 Å². The molecule has 0 radical (unpaired) electrons. The molecule has 0 unspecified atom stereocenters. The Bertz CT molecular complexity index is 409. The van der Waals surface area contributed by atoms with Crippen molar-refractivity contribution in [1.29, 1.82) is 0 Å². The standard InChI is InChI=1S/C6H10O3.2C5H8O2/c1-5(2)6(8)9-4-3-7;1-4(2)5(6)7-3;1-3-5(6)7-4-2/h7H,1,3-4H2,2H3;1H2,2-3H3;3H,1,4H2,2H3. The number of carbonyl (C=O) groups is 3. The first kappa shape index (κ1) is 25.5. The fraction of sp³-hybridized carbons (Fsp3) is 0.438. The van der Waals surface area contributed by atoms with Gasteiger partial charge in [0.15, 0.2) is 0 Å². The van der Waals surface area contributed by atoms with Gasteiger partial charge in [-0.3, -0.25) is 0 Å². The molecule has 0 saturated heterocycles. The average Bonchev–Trinajstić information content (AvgIpc) is 2.52. The lowest BCUT2D eigenvalue weighted by atomic mass is 10.4. The number of aliphatic hydroxyl groups is 1. The number of methoxy groups -OCH3 is 1. The van der Waals surface area contributed by atoms with Gasteiger partial charge in [0, 0.05) is 17.2 Å². The Balaban J connectivity index is -0.000000264. The molecule has 0 heterocycles. The average molecular weight is 330 g/mol. The highest BCUT2D eigenvalue weighted by Gasteiger charge is 1.99. The molecule has 7 heteroatoms. The number of rotatable bonds is 6. The quantitative estimate of drug-likeness (QED) is 0.448. The summed E-state index contributed by atoms with van der Waals surface area (Å²) in [5, 5.41) is 8.19. The number of ether oxygens (including phenoxy) is 3. The summed E-state index contributed by atoms with van der Waals surface area (Å²) in [6.45, 7) is 15.1. The van der Waals surface area contributed by atoms with Crippen LogP contribution in [0.4, 0.5) is 0 Å². The minimum Gasteiger partial charge on any atom is -0.466 e. The maximum absolute atomic E-state index is 10.5. The van der Waals surface area contributed by atoms with Gasteiger partial charge < -0.3 is 19.3 Å². The Hall–Kier alpha value is -2.41. The highest BCUT2D eigenvalue weighted by Crippen LogP contribution is 1.90. The predicted molar refractivity (Wildman–Crippen MR) is 86.5 cm³/mol. The predicted octanol–water partition coefficient (Wildman–Crippen LogP) is 1.57. The molecular weight excluding hydrogens is 304 g/mol. The Morgan fingerprint density at radius 2 is 1.52 bits per heavy atom. The third-order valence-corrected chi connectivity index (χ3v) is 1.66. The Labute approximate surface area is 137 Å². The second kappa shape index (κ2) is 17.6. The van der Waals surface area contributed by atoms with Crippen LogP contribution in [0.3, 0.4) is 0 Å². The SMILES string of the molecule is C=C(C)C(=O)OC.C=C(C)C(=O)OCCO.C=CC(=O)OCC. The number of carbonyl (C=O) groups excluding carboxylic acids is 3. The first-order valence-corrected chi connectivity index (χ1v) is 6.64. The van der Waals surface area contributed by atoms with Crippen molar-refractivity contribution < 1.29 is 33.7 Å². The van der Waals surface area contributed by atoms with Gasteiger partial charge in [-0.2, -0.15) is 0 Å². The molecule has 0 aromatic carbocycles. The van der Waals surface area contributed by atoms with Gasteiger partial charge in [-0.15, -0.1) is 0 Å². The lowest BCUT2D eigenvalue weighted by Crippen LogP contribution is -2.08. The molecule has 0 spiro atoms. The van der Waals surface area contributed by atoms with E-state index in [1.807, 2.05) is 0 Å². The molecule has 0 atom stereocenters. The molecule has 0 rings (SSSR count). The van der Waals surface area contributed by atoms with E-state index in [1.54, 1.807) is 20.8 Å². The number of hydrogen-bond acceptors (Lipinski definition) is 7. The van der Waals surface area contributed by atoms with Crippen LogP contribution in [-0.2, 0) is 28.6 Å². The summed E-state index contributed by atoms with van der Waals surface area (Å²) in [6, 6.07) is 0. The largest absolute Gasteiger partial charge is 0.466 e. The van der Waals surface area contributed by atoms with E-state index in [0.717, 1.165) is 6.08 Å². The molecule has 0 saturated carbocycles. The van der Waals surface area contributed by atoms with Crippen LogP contribution in [0.5, 0.6) is 0 Å². The van der Waals surface area contributed by atoms with Crippen LogP contribution in [0.25, 0.3) is 0 Å². The van der Waals surface area contributed by atoms with Gasteiger partial charge in [-0.25, -0.2) is 14.4 Å². The van der Waals surface area contributed by atoms with E-state index in [2.05, 4.69) is 33.9 Å². The van der Waals surface area contributed by atoms with E-state index in [0.29, 0.717) is 17.8 Å². The van der Waals surface area contributed by atoms with Crippen molar-refractivity contribution >= 4 is 17.9 Å². The van der Waals surface area contributed by atoms with Crippen molar-refractivity contribution in [2.24, 2.45) is 0 Å². The van der Waals surface area contributed by atoms with E-state index in [4.69, 9.17) is 5.11 Å². The van der Waals surface area contributed by atoms with E-state index < -0.39 is 5.97 Å². The van der Waals surface area contributed by atoms with Crippen LogP contribution < -0.4 is 0 Å². The third-order valence-electron chi connectivity index (χ3n) is 1.66. The molecule has 0 aliphatic heterocycles. The molecule has 0 aromatic heterocycles. The lowest BCUT2D eigenvalue weighted by Gasteiger charge is -1.99. The lowest BCUT2D eigenvalue weighted by molar-refractivity contribution is -0.140. The van der Waals surface area contributed by atoms with Gasteiger partial charge in [0.2, 0.25) is 0 Å². The van der Waals surface area contributed by atoms with Crippen LogP contribution in [-0.4, -0.2) is 49.9 Å². The van der Waals surface area contributed by atoms with Gasteiger partial charge in [-0.1, -0.05) is 19.7 Å². The molecule has 0 aliphatic carbocycles. The number of aliphatic hydroxyl groups excluding tert-OH is 1. The maximum Gasteiger partial charge on any atom is 0.333 e. The third kappa shape index (κ3) is 22.0. The van der Waals surface area contributed by atoms with Crippen LogP contribution in [0.2, 0.25) is 0 Å². The molecule has 7 nitrogen and oxygen atoms in total. The highest BCUT2D eigenvalue weighted by atomic mass is 16.5. The van der Waals surface area contributed by atoms with Gasteiger partial charge >= 0.3 is 17.9 Å². The molecule has 0 aromatic rings. The Kier molecular flexibility index (Phi) is 19.6. The summed E-state index contributed by atoms with van der Waals surface area (Å²) >= 11 is 0. The molecule has 0 aliphatic rings. The number of hydrogen-bond donors (Lipinski definition) is 1. The summed E-state index contributed by atoms with van der Waals surface area (Å²) in [5.74, 6) is -1.16. The second-order valence-corrected chi connectivity index (χ2v) is 3.87. The van der Waals surface area contributed by atoms with Gasteiger partial charge in [0.25, 0.3) is 0 Å². The van der Waals surface area contributed by atoms with E-state index in [1.165, 1.54) is 7.11 Å². The summed E-state index contributed by atoms with van der Waals surface area (Å²) in [5.41, 5.74) is 0.783. The maximum atomic E-state index is 10.5. The van der Waals surface area contributed by atoms with Crippen LogP contribution in [0.1, 0.15) is 20.8 Å². The zero-order valence-electron chi connectivity index (χ0n) is 14.2. The van der Waals surface area contributed by atoms with Crippen molar-refractivity contribution in [1.82, 2.24) is 0 Å². The molecule has 23 heavy (non-hydrogen) atoms. The molecule has 132 valence electrons. The van der Waals surface area contributed by atoms with Gasteiger partial charge in [0.1, 0.15) is 6.61 Å². The van der Waals surface area contributed by atoms with Crippen molar-refractivity contribution in [3.63, 3.8) is 0 Å². The summed E-state index contributed by atoms with van der Waals surface area (Å²) < 4.78 is 13.2. The fourth-order valence-corrected chi connectivity index (χ4v) is 0.637. The minimum absolute atomic E-state index is 0.0473. The Morgan fingerprint density at radius 3 is 1.70 bits per heavy atom. The highest BCUT2D eigenvalue weighted by molar-refractivity contribution is 5.87. The van der Waals surface area contributed by atoms with Crippen molar-refractivity contribution in [3.05, 3.63) is 37.0 Å². The molecular formula is C16H26O7. The molecule has 1 N–H and O–H groups in total. The molecule has 0 bridgehead atoms. The van der Waals surface area contributed by atoms with E-state index >= 15 is 0 Å². The monoisotopic (exact) mass is 330 g/mol. The topological polar surface area (TPSA) is 99.1 Å². The number of esters is 3. The molecule has 0 amide bonds. The minimum atomic E-state index is -0.455. The first-order chi connectivity index (χ1) is 10.7. The summed E-state index contributed by atoms with van der Waals surface area (Å²) in [7, 11) is 1.33. The van der Waals surface area contributed by atoms with Crippen molar-refractivity contribution in [2.45, 2.75) is 20.8 Å². The van der Waals surface area contributed by atoms with Crippen LogP contribution in [0.15, 0.2) is 37.0 Å².